The predicted molar refractivity (Wildman–Crippen MR) is 83.8 cm³/mol. The lowest BCUT2D eigenvalue weighted by molar-refractivity contribution is -0.117. The van der Waals surface area contributed by atoms with Crippen LogP contribution in [0.3, 0.4) is 0 Å². The molecule has 0 bridgehead atoms. The molecule has 110 valence electrons. The molecule has 7 heteroatoms. The number of nitrogens with zero attached hydrogens (tertiary/aromatic N) is 1. The molecule has 1 aromatic rings. The third kappa shape index (κ3) is 3.18. The summed E-state index contributed by atoms with van der Waals surface area (Å²) in [5.74, 6) is 0.155. The molecule has 1 atom stereocenters. The molecule has 0 radical (unpaired) electrons. The molecule has 20 heavy (non-hydrogen) atoms. The molecule has 4 nitrogen and oxygen atoms in total. The molecule has 0 saturated carbocycles. The van der Waals surface area contributed by atoms with E-state index >= 15 is 0 Å². The zero-order valence-electron chi connectivity index (χ0n) is 11.1. The van der Waals surface area contributed by atoms with Crippen LogP contribution in [0.5, 0.6) is 0 Å². The van der Waals surface area contributed by atoms with Crippen molar-refractivity contribution >= 4 is 47.3 Å². The van der Waals surface area contributed by atoms with Gasteiger partial charge in [-0.15, -0.1) is 0 Å². The zero-order chi connectivity index (χ0) is 15.1. The zero-order valence-corrected chi connectivity index (χ0v) is 14.3. The van der Waals surface area contributed by atoms with Gasteiger partial charge in [-0.1, -0.05) is 19.9 Å². The van der Waals surface area contributed by atoms with E-state index in [0.29, 0.717) is 11.6 Å². The second-order valence-electron chi connectivity index (χ2n) is 5.17. The summed E-state index contributed by atoms with van der Waals surface area (Å²) >= 11 is 3.45. The SMILES string of the molecule is CC(C)c1ccc(N2CC(S(=O)(=O)Cl)CC2=O)c(Br)c1. The van der Waals surface area contributed by atoms with Gasteiger partial charge < -0.3 is 4.90 Å². The molecule has 0 aromatic heterocycles. The van der Waals surface area contributed by atoms with E-state index in [2.05, 4.69) is 29.8 Å². The maximum atomic E-state index is 12.0. The smallest absolute Gasteiger partial charge is 0.237 e. The van der Waals surface area contributed by atoms with Gasteiger partial charge in [0.15, 0.2) is 0 Å². The van der Waals surface area contributed by atoms with Gasteiger partial charge in [0.05, 0.1) is 5.69 Å². The Hall–Kier alpha value is -0.590. The summed E-state index contributed by atoms with van der Waals surface area (Å²) < 4.78 is 23.5. The van der Waals surface area contributed by atoms with Crippen LogP contribution in [0.15, 0.2) is 22.7 Å². The van der Waals surface area contributed by atoms with Crippen LogP contribution in [0.1, 0.15) is 31.7 Å². The van der Waals surface area contributed by atoms with Gasteiger partial charge in [-0.2, -0.15) is 0 Å². The molecular weight excluding hydrogens is 366 g/mol. The van der Waals surface area contributed by atoms with Crippen LogP contribution in [-0.4, -0.2) is 26.1 Å². The minimum Gasteiger partial charge on any atom is -0.310 e. The first-order chi connectivity index (χ1) is 9.20. The van der Waals surface area contributed by atoms with E-state index in [1.165, 1.54) is 4.90 Å². The van der Waals surface area contributed by atoms with Crippen LogP contribution >= 0.6 is 26.6 Å². The summed E-state index contributed by atoms with van der Waals surface area (Å²) in [6.45, 7) is 4.27. The third-order valence-electron chi connectivity index (χ3n) is 3.42. The van der Waals surface area contributed by atoms with E-state index in [1.807, 2.05) is 18.2 Å². The van der Waals surface area contributed by atoms with E-state index < -0.39 is 14.3 Å². The van der Waals surface area contributed by atoms with Crippen LogP contribution in [0.4, 0.5) is 5.69 Å². The fraction of sp³-hybridized carbons (Fsp3) is 0.462. The molecule has 1 amide bonds. The maximum Gasteiger partial charge on any atom is 0.237 e. The van der Waals surface area contributed by atoms with E-state index in [-0.39, 0.29) is 18.9 Å². The quantitative estimate of drug-likeness (QED) is 0.756. The molecule has 1 aliphatic rings. The second kappa shape index (κ2) is 5.66. The van der Waals surface area contributed by atoms with Gasteiger partial charge in [0.1, 0.15) is 5.25 Å². The number of carbonyl (C=O) groups is 1. The van der Waals surface area contributed by atoms with Gasteiger partial charge >= 0.3 is 0 Å². The summed E-state index contributed by atoms with van der Waals surface area (Å²) in [4.78, 5) is 13.5. The molecule has 1 aromatic carbocycles. The molecule has 1 unspecified atom stereocenters. The maximum absolute atomic E-state index is 12.0. The third-order valence-corrected chi connectivity index (χ3v) is 5.92. The summed E-state index contributed by atoms with van der Waals surface area (Å²) in [6, 6.07) is 5.73. The van der Waals surface area contributed by atoms with Gasteiger partial charge in [-0.25, -0.2) is 8.42 Å². The number of hydrogen-bond acceptors (Lipinski definition) is 3. The Labute approximate surface area is 131 Å². The molecule has 2 rings (SSSR count). The Balaban J connectivity index is 2.31. The first kappa shape index (κ1) is 15.8. The van der Waals surface area contributed by atoms with E-state index in [0.717, 1.165) is 10.0 Å². The monoisotopic (exact) mass is 379 g/mol. The number of anilines is 1. The van der Waals surface area contributed by atoms with Crippen molar-refractivity contribution in [1.82, 2.24) is 0 Å². The minimum atomic E-state index is -3.72. The average Bonchev–Trinajstić information content (AvgIpc) is 2.71. The summed E-state index contributed by atoms with van der Waals surface area (Å²) in [5.41, 5.74) is 1.83. The van der Waals surface area contributed by atoms with Crippen LogP contribution in [-0.2, 0) is 13.8 Å². The van der Waals surface area contributed by atoms with Crippen LogP contribution in [0, 0.1) is 0 Å². The molecule has 1 fully saturated rings. The highest BCUT2D eigenvalue weighted by Gasteiger charge is 2.38. The Morgan fingerprint density at radius 2 is 2.05 bits per heavy atom. The average molecular weight is 381 g/mol. The van der Waals surface area contributed by atoms with Gasteiger partial charge in [0.25, 0.3) is 0 Å². The van der Waals surface area contributed by atoms with Crippen LogP contribution in [0.2, 0.25) is 0 Å². The minimum absolute atomic E-state index is 0.0653. The largest absolute Gasteiger partial charge is 0.310 e. The number of carbonyl (C=O) groups excluding carboxylic acids is 1. The highest BCUT2D eigenvalue weighted by molar-refractivity contribution is 9.10. The van der Waals surface area contributed by atoms with Gasteiger partial charge in [0, 0.05) is 28.1 Å². The first-order valence-corrected chi connectivity index (χ1v) is 9.40. The van der Waals surface area contributed by atoms with Crippen molar-refractivity contribution in [2.24, 2.45) is 0 Å². The van der Waals surface area contributed by atoms with Crippen molar-refractivity contribution in [2.45, 2.75) is 31.4 Å². The molecule has 1 saturated heterocycles. The Morgan fingerprint density at radius 1 is 1.40 bits per heavy atom. The Bertz CT molecular complexity index is 645. The fourth-order valence-corrected chi connectivity index (χ4v) is 3.83. The standard InChI is InChI=1S/C13H15BrClNO3S/c1-8(2)9-3-4-12(11(14)5-9)16-7-10(6-13(16)17)20(15,18)19/h3-5,8,10H,6-7H2,1-2H3. The number of amides is 1. The summed E-state index contributed by atoms with van der Waals surface area (Å²) in [7, 11) is 1.63. The van der Waals surface area contributed by atoms with Crippen molar-refractivity contribution in [2.75, 3.05) is 11.4 Å². The lowest BCUT2D eigenvalue weighted by atomic mass is 10.0. The molecule has 1 aliphatic heterocycles. The van der Waals surface area contributed by atoms with Gasteiger partial charge in [0.2, 0.25) is 15.0 Å². The lowest BCUT2D eigenvalue weighted by Crippen LogP contribution is -2.27. The molecular formula is C13H15BrClNO3S. The Kier molecular flexibility index (Phi) is 4.47. The van der Waals surface area contributed by atoms with E-state index in [9.17, 15) is 13.2 Å². The van der Waals surface area contributed by atoms with Crippen LogP contribution < -0.4 is 4.90 Å². The first-order valence-electron chi connectivity index (χ1n) is 6.23. The van der Waals surface area contributed by atoms with Gasteiger partial charge in [-0.05, 0) is 39.5 Å². The highest BCUT2D eigenvalue weighted by atomic mass is 79.9. The molecule has 1 heterocycles. The van der Waals surface area contributed by atoms with Crippen molar-refractivity contribution < 1.29 is 13.2 Å². The van der Waals surface area contributed by atoms with Crippen molar-refractivity contribution in [3.63, 3.8) is 0 Å². The second-order valence-corrected chi connectivity index (χ2v) is 8.93. The Morgan fingerprint density at radius 3 is 2.50 bits per heavy atom. The van der Waals surface area contributed by atoms with Crippen molar-refractivity contribution in [3.05, 3.63) is 28.2 Å². The topological polar surface area (TPSA) is 54.5 Å². The molecule has 0 spiro atoms. The van der Waals surface area contributed by atoms with Crippen molar-refractivity contribution in [1.29, 1.82) is 0 Å². The molecule has 0 N–H and O–H groups in total. The number of hydrogen-bond donors (Lipinski definition) is 0. The number of halogens is 2. The normalized spacial score (nSPS) is 19.9. The number of rotatable bonds is 3. The van der Waals surface area contributed by atoms with E-state index in [1.54, 1.807) is 0 Å². The molecule has 0 aliphatic carbocycles. The van der Waals surface area contributed by atoms with Gasteiger partial charge in [-0.3, -0.25) is 4.79 Å². The summed E-state index contributed by atoms with van der Waals surface area (Å²) in [5, 5.41) is -0.839. The number of benzene rings is 1. The van der Waals surface area contributed by atoms with E-state index in [4.69, 9.17) is 10.7 Å². The summed E-state index contributed by atoms with van der Waals surface area (Å²) in [6.07, 6.45) is -0.0653. The predicted octanol–water partition coefficient (Wildman–Crippen LogP) is 3.25. The fourth-order valence-electron chi connectivity index (χ4n) is 2.20. The highest BCUT2D eigenvalue weighted by Crippen LogP contribution is 2.34. The van der Waals surface area contributed by atoms with Crippen molar-refractivity contribution in [3.8, 4) is 0 Å². The lowest BCUT2D eigenvalue weighted by Gasteiger charge is -2.19. The van der Waals surface area contributed by atoms with Crippen LogP contribution in [0.25, 0.3) is 0 Å².